The van der Waals surface area contributed by atoms with Gasteiger partial charge in [-0.3, -0.25) is 39.3 Å². The van der Waals surface area contributed by atoms with Crippen LogP contribution < -0.4 is 20.1 Å². The summed E-state index contributed by atoms with van der Waals surface area (Å²) in [6.45, 7) is 6.47. The second kappa shape index (κ2) is 24.2. The zero-order chi connectivity index (χ0) is 44.4. The molecule has 12 nitrogen and oxygen atoms in total. The van der Waals surface area contributed by atoms with Gasteiger partial charge in [-0.1, -0.05) is 59.6 Å². The molecule has 4 aromatic heterocycles. The summed E-state index contributed by atoms with van der Waals surface area (Å²) in [7, 11) is 0. The average Bonchev–Trinajstić information content (AvgIpc) is 3.35. The number of amides is 2. The van der Waals surface area contributed by atoms with Gasteiger partial charge in [0.2, 0.25) is 11.8 Å². The number of benzene rings is 2. The number of rotatable bonds is 16. The van der Waals surface area contributed by atoms with Crippen molar-refractivity contribution < 1.29 is 19.1 Å². The number of hydrogen-bond acceptors (Lipinski definition) is 10. The van der Waals surface area contributed by atoms with E-state index in [-0.39, 0.29) is 35.7 Å². The molecule has 2 amide bonds. The highest BCUT2D eigenvalue weighted by Gasteiger charge is 2.29. The molecule has 0 spiro atoms. The van der Waals surface area contributed by atoms with Gasteiger partial charge in [0.1, 0.15) is 24.7 Å². The van der Waals surface area contributed by atoms with E-state index >= 15 is 0 Å². The highest BCUT2D eigenvalue weighted by molar-refractivity contribution is 6.30. The van der Waals surface area contributed by atoms with Gasteiger partial charge in [0, 0.05) is 72.2 Å². The largest absolute Gasteiger partial charge is 0.492 e. The molecule has 6 aromatic rings. The monoisotopic (exact) mass is 900 g/mol. The topological polar surface area (TPSA) is 135 Å². The normalized spacial score (nSPS) is 15.8. The van der Waals surface area contributed by atoms with E-state index in [1.165, 1.54) is 0 Å². The summed E-state index contributed by atoms with van der Waals surface area (Å²) in [6.07, 6.45) is 13.7. The van der Waals surface area contributed by atoms with Crippen LogP contribution >= 0.6 is 23.2 Å². The number of ether oxygens (including phenoxy) is 2. The van der Waals surface area contributed by atoms with Crippen molar-refractivity contribution in [2.45, 2.75) is 37.8 Å². The van der Waals surface area contributed by atoms with Gasteiger partial charge in [-0.15, -0.1) is 0 Å². The minimum absolute atomic E-state index is 0.00845. The summed E-state index contributed by atoms with van der Waals surface area (Å²) < 4.78 is 11.5. The molecular formula is C50H54Cl2N8O4. The van der Waals surface area contributed by atoms with Crippen molar-refractivity contribution in [1.82, 2.24) is 40.4 Å². The Bertz CT molecular complexity index is 2120. The Balaban J connectivity index is 0.000000191. The van der Waals surface area contributed by atoms with Crippen molar-refractivity contribution in [1.29, 1.82) is 0 Å². The fourth-order valence-electron chi connectivity index (χ4n) is 7.87. The Hall–Kier alpha value is -5.92. The van der Waals surface area contributed by atoms with Crippen LogP contribution in [0.1, 0.15) is 60.3 Å². The second-order valence-electron chi connectivity index (χ2n) is 15.8. The molecule has 0 saturated carbocycles. The molecule has 2 aliphatic rings. The van der Waals surface area contributed by atoms with E-state index in [2.05, 4.69) is 40.4 Å². The molecule has 0 aliphatic carbocycles. The van der Waals surface area contributed by atoms with Crippen LogP contribution in [0, 0.1) is 11.8 Å². The summed E-state index contributed by atoms with van der Waals surface area (Å²) in [5, 5.41) is 7.78. The first-order valence-electron chi connectivity index (χ1n) is 21.8. The van der Waals surface area contributed by atoms with Gasteiger partial charge < -0.3 is 20.1 Å². The third-order valence-corrected chi connectivity index (χ3v) is 12.0. The quantitative estimate of drug-likeness (QED) is 0.0979. The maximum Gasteiger partial charge on any atom is 0.224 e. The number of piperidine rings is 2. The van der Waals surface area contributed by atoms with Gasteiger partial charge in [-0.05, 0) is 136 Å². The fraction of sp³-hybridized carbons (Fsp3) is 0.320. The van der Waals surface area contributed by atoms with Crippen LogP contribution in [0.25, 0.3) is 0 Å². The van der Waals surface area contributed by atoms with Gasteiger partial charge in [0.05, 0.1) is 23.5 Å². The number of halogens is 2. The maximum atomic E-state index is 13.1. The molecule has 2 aromatic carbocycles. The molecular weight excluding hydrogens is 848 g/mol. The Labute approximate surface area is 385 Å². The van der Waals surface area contributed by atoms with Crippen molar-refractivity contribution in [3.63, 3.8) is 0 Å². The lowest BCUT2D eigenvalue weighted by atomic mass is 9.94. The van der Waals surface area contributed by atoms with Crippen LogP contribution in [0.3, 0.4) is 0 Å². The molecule has 2 saturated heterocycles. The van der Waals surface area contributed by atoms with Crippen molar-refractivity contribution in [3.8, 4) is 11.5 Å². The molecule has 14 heteroatoms. The van der Waals surface area contributed by atoms with Crippen molar-refractivity contribution in [3.05, 3.63) is 179 Å². The zero-order valence-corrected chi connectivity index (χ0v) is 37.2. The number of hydrogen-bond donors (Lipinski definition) is 2. The number of aromatic nitrogens is 4. The highest BCUT2D eigenvalue weighted by Crippen LogP contribution is 2.27. The van der Waals surface area contributed by atoms with Crippen LogP contribution in [-0.2, 0) is 9.59 Å². The van der Waals surface area contributed by atoms with E-state index in [0.29, 0.717) is 23.3 Å². The summed E-state index contributed by atoms with van der Waals surface area (Å²) in [6, 6.07) is 33.4. The van der Waals surface area contributed by atoms with E-state index in [9.17, 15) is 9.59 Å². The summed E-state index contributed by atoms with van der Waals surface area (Å²) in [5.74, 6) is 1.79. The Morgan fingerprint density at radius 3 is 1.25 bits per heavy atom. The van der Waals surface area contributed by atoms with E-state index in [4.69, 9.17) is 32.7 Å². The van der Waals surface area contributed by atoms with E-state index < -0.39 is 0 Å². The predicted octanol–water partition coefficient (Wildman–Crippen LogP) is 8.25. The van der Waals surface area contributed by atoms with E-state index in [1.807, 2.05) is 109 Å². The smallest absolute Gasteiger partial charge is 0.224 e. The molecule has 332 valence electrons. The number of nitrogens with one attached hydrogen (secondary N) is 2. The number of likely N-dealkylation sites (tertiary alicyclic amines) is 2. The minimum atomic E-state index is -0.298. The van der Waals surface area contributed by atoms with Crippen LogP contribution in [0.5, 0.6) is 11.5 Å². The molecule has 2 aliphatic heterocycles. The number of carbonyl (C=O) groups excluding carboxylic acids is 2. The first-order chi connectivity index (χ1) is 31.4. The summed E-state index contributed by atoms with van der Waals surface area (Å²) in [4.78, 5) is 47.9. The molecule has 0 radical (unpaired) electrons. The van der Waals surface area contributed by atoms with Crippen LogP contribution in [0.4, 0.5) is 0 Å². The molecule has 2 atom stereocenters. The van der Waals surface area contributed by atoms with Crippen molar-refractivity contribution >= 4 is 35.0 Å². The fourth-order valence-corrected chi connectivity index (χ4v) is 8.12. The zero-order valence-electron chi connectivity index (χ0n) is 35.7. The molecule has 8 rings (SSSR count). The standard InChI is InChI=1S/2C25H27ClN4O2/c2*26-21-6-4-19(5-7-21)24(23-3-1-2-12-28-23)29-25(31)20-10-15-30(16-11-20)17-18-32-22-8-13-27-14-9-22/h2*1-9,12-14,20,24H,10-11,15-18H2,(H,29,31). The van der Waals surface area contributed by atoms with Gasteiger partial charge in [-0.2, -0.15) is 0 Å². The van der Waals surface area contributed by atoms with Crippen LogP contribution in [-0.4, -0.2) is 94.0 Å². The molecule has 2 fully saturated rings. The first-order valence-corrected chi connectivity index (χ1v) is 22.6. The van der Waals surface area contributed by atoms with Crippen LogP contribution in [0.15, 0.2) is 146 Å². The van der Waals surface area contributed by atoms with E-state index in [0.717, 1.165) is 99.0 Å². The summed E-state index contributed by atoms with van der Waals surface area (Å²) >= 11 is 12.1. The molecule has 0 bridgehead atoms. The third-order valence-electron chi connectivity index (χ3n) is 11.5. The van der Waals surface area contributed by atoms with Crippen molar-refractivity contribution in [2.75, 3.05) is 52.5 Å². The molecule has 6 heterocycles. The SMILES string of the molecule is O=C(NC(c1ccc(Cl)cc1)c1ccccn1)C1CCN(CCOc2ccncc2)CC1.O=C(NC(c1ccc(Cl)cc1)c1ccccn1)C1CCN(CCOc2ccncc2)CC1. The summed E-state index contributed by atoms with van der Waals surface area (Å²) in [5.41, 5.74) is 3.56. The van der Waals surface area contributed by atoms with Gasteiger partial charge in [-0.25, -0.2) is 0 Å². The first kappa shape index (κ1) is 46.1. The van der Waals surface area contributed by atoms with Gasteiger partial charge >= 0.3 is 0 Å². The highest BCUT2D eigenvalue weighted by atomic mass is 35.5. The lowest BCUT2D eigenvalue weighted by Crippen LogP contribution is -2.42. The molecule has 2 unspecified atom stereocenters. The predicted molar refractivity (Wildman–Crippen MR) is 249 cm³/mol. The third kappa shape index (κ3) is 14.0. The van der Waals surface area contributed by atoms with E-state index in [1.54, 1.807) is 37.2 Å². The lowest BCUT2D eigenvalue weighted by Gasteiger charge is -2.32. The van der Waals surface area contributed by atoms with Gasteiger partial charge in [0.25, 0.3) is 0 Å². The Morgan fingerprint density at radius 2 is 0.906 bits per heavy atom. The second-order valence-corrected chi connectivity index (χ2v) is 16.7. The lowest BCUT2D eigenvalue weighted by molar-refractivity contribution is -0.127. The average molecular weight is 902 g/mol. The number of pyridine rings is 4. The number of carbonyl (C=O) groups is 2. The Morgan fingerprint density at radius 1 is 0.531 bits per heavy atom. The Kier molecular flexibility index (Phi) is 17.4. The number of nitrogens with zero attached hydrogens (tertiary/aromatic N) is 6. The minimum Gasteiger partial charge on any atom is -0.492 e. The molecule has 2 N–H and O–H groups in total. The maximum absolute atomic E-state index is 13.1. The van der Waals surface area contributed by atoms with Gasteiger partial charge in [0.15, 0.2) is 0 Å². The molecule has 64 heavy (non-hydrogen) atoms. The van der Waals surface area contributed by atoms with Crippen LogP contribution in [0.2, 0.25) is 10.0 Å². The van der Waals surface area contributed by atoms with Crippen molar-refractivity contribution in [2.24, 2.45) is 11.8 Å².